The van der Waals surface area contributed by atoms with Gasteiger partial charge in [-0.25, -0.2) is 0 Å². The zero-order valence-electron chi connectivity index (χ0n) is 8.15. The van der Waals surface area contributed by atoms with Gasteiger partial charge in [0.25, 0.3) is 0 Å². The highest BCUT2D eigenvalue weighted by molar-refractivity contribution is 6.21. The molecule has 0 spiro atoms. The summed E-state index contributed by atoms with van der Waals surface area (Å²) < 4.78 is 0. The zero-order valence-corrected chi connectivity index (χ0v) is 8.90. The summed E-state index contributed by atoms with van der Waals surface area (Å²) >= 11 is 6.20. The number of hydrogen-bond donors (Lipinski definition) is 1. The molecule has 1 nitrogen and oxygen atoms in total. The Morgan fingerprint density at radius 1 is 1.33 bits per heavy atom. The van der Waals surface area contributed by atoms with Crippen molar-refractivity contribution in [3.05, 3.63) is 0 Å². The van der Waals surface area contributed by atoms with Crippen LogP contribution in [0.3, 0.4) is 0 Å². The van der Waals surface area contributed by atoms with Crippen LogP contribution in [-0.4, -0.2) is 18.0 Å². The highest BCUT2D eigenvalue weighted by atomic mass is 35.5. The molecule has 1 rings (SSSR count). The average Bonchev–Trinajstić information content (AvgIpc) is 2.03. The van der Waals surface area contributed by atoms with Crippen molar-refractivity contribution in [1.82, 2.24) is 5.32 Å². The predicted octanol–water partition coefficient (Wildman–Crippen LogP) is 2.78. The summed E-state index contributed by atoms with van der Waals surface area (Å²) in [5.74, 6) is 0.732. The molecular formula is C10H20ClN. The van der Waals surface area contributed by atoms with Crippen molar-refractivity contribution in [3.8, 4) is 0 Å². The molecule has 0 aliphatic heterocycles. The van der Waals surface area contributed by atoms with Crippen molar-refractivity contribution < 1.29 is 0 Å². The van der Waals surface area contributed by atoms with Gasteiger partial charge in [-0.15, -0.1) is 11.6 Å². The zero-order chi connectivity index (χ0) is 8.97. The third-order valence-corrected chi connectivity index (χ3v) is 2.99. The summed E-state index contributed by atoms with van der Waals surface area (Å²) in [5.41, 5.74) is 0. The number of nitrogens with one attached hydrogen (secondary N) is 1. The van der Waals surface area contributed by atoms with Gasteiger partial charge in [-0.05, 0) is 25.3 Å². The molecule has 0 aromatic rings. The van der Waals surface area contributed by atoms with Crippen molar-refractivity contribution in [2.75, 3.05) is 6.54 Å². The fourth-order valence-corrected chi connectivity index (χ4v) is 2.07. The molecule has 0 radical (unpaired) electrons. The van der Waals surface area contributed by atoms with E-state index in [4.69, 9.17) is 11.6 Å². The molecule has 0 saturated heterocycles. The van der Waals surface area contributed by atoms with E-state index >= 15 is 0 Å². The van der Waals surface area contributed by atoms with Gasteiger partial charge in [0.15, 0.2) is 0 Å². The summed E-state index contributed by atoms with van der Waals surface area (Å²) in [4.78, 5) is 0. The molecule has 1 saturated carbocycles. The molecule has 0 aromatic carbocycles. The molecule has 1 N–H and O–H groups in total. The molecule has 0 amide bonds. The van der Waals surface area contributed by atoms with Crippen molar-refractivity contribution in [1.29, 1.82) is 0 Å². The number of halogens is 1. The summed E-state index contributed by atoms with van der Waals surface area (Å²) in [6.45, 7) is 5.58. The highest BCUT2D eigenvalue weighted by Gasteiger charge is 2.22. The van der Waals surface area contributed by atoms with Crippen LogP contribution >= 0.6 is 11.6 Å². The second-order valence-electron chi connectivity index (χ2n) is 4.21. The Balaban J connectivity index is 2.20. The standard InChI is InChI=1S/C10H20ClN/c1-8(2)7-12-10-6-4-3-5-9(10)11/h8-10,12H,3-7H2,1-2H3. The molecule has 2 atom stereocenters. The van der Waals surface area contributed by atoms with Crippen LogP contribution < -0.4 is 5.32 Å². The third-order valence-electron chi connectivity index (χ3n) is 2.47. The molecule has 2 unspecified atom stereocenters. The Hall–Kier alpha value is 0.250. The lowest BCUT2D eigenvalue weighted by Gasteiger charge is -2.28. The highest BCUT2D eigenvalue weighted by Crippen LogP contribution is 2.22. The molecule has 1 aliphatic carbocycles. The summed E-state index contributed by atoms with van der Waals surface area (Å²) in [6, 6.07) is 0.572. The Bertz CT molecular complexity index is 125. The van der Waals surface area contributed by atoms with E-state index in [1.807, 2.05) is 0 Å². The minimum absolute atomic E-state index is 0.373. The van der Waals surface area contributed by atoms with Gasteiger partial charge in [0, 0.05) is 11.4 Å². The first kappa shape index (κ1) is 10.3. The Labute approximate surface area is 80.9 Å². The van der Waals surface area contributed by atoms with Gasteiger partial charge in [-0.1, -0.05) is 26.7 Å². The maximum absolute atomic E-state index is 6.20. The van der Waals surface area contributed by atoms with Crippen LogP contribution in [0.1, 0.15) is 39.5 Å². The topological polar surface area (TPSA) is 12.0 Å². The van der Waals surface area contributed by atoms with Gasteiger partial charge >= 0.3 is 0 Å². The van der Waals surface area contributed by atoms with Crippen LogP contribution in [0.5, 0.6) is 0 Å². The van der Waals surface area contributed by atoms with E-state index < -0.39 is 0 Å². The van der Waals surface area contributed by atoms with Gasteiger partial charge in [-0.2, -0.15) is 0 Å². The predicted molar refractivity (Wildman–Crippen MR) is 54.7 cm³/mol. The van der Waals surface area contributed by atoms with Gasteiger partial charge in [0.1, 0.15) is 0 Å². The lowest BCUT2D eigenvalue weighted by molar-refractivity contribution is 0.363. The quantitative estimate of drug-likeness (QED) is 0.674. The molecule has 12 heavy (non-hydrogen) atoms. The fourth-order valence-electron chi connectivity index (χ4n) is 1.70. The maximum atomic E-state index is 6.20. The monoisotopic (exact) mass is 189 g/mol. The van der Waals surface area contributed by atoms with Crippen molar-refractivity contribution in [2.45, 2.75) is 50.9 Å². The van der Waals surface area contributed by atoms with Crippen molar-refractivity contribution in [2.24, 2.45) is 5.92 Å². The van der Waals surface area contributed by atoms with E-state index in [1.165, 1.54) is 25.7 Å². The summed E-state index contributed by atoms with van der Waals surface area (Å²) in [5, 5.41) is 3.91. The minimum Gasteiger partial charge on any atom is -0.312 e. The Morgan fingerprint density at radius 2 is 2.00 bits per heavy atom. The average molecular weight is 190 g/mol. The Kier molecular flexibility index (Phi) is 4.38. The largest absolute Gasteiger partial charge is 0.312 e. The SMILES string of the molecule is CC(C)CNC1CCCCC1Cl. The number of alkyl halides is 1. The first-order valence-corrected chi connectivity index (χ1v) is 5.51. The van der Waals surface area contributed by atoms with Crippen LogP contribution in [0, 0.1) is 5.92 Å². The van der Waals surface area contributed by atoms with Gasteiger partial charge < -0.3 is 5.32 Å². The molecule has 0 heterocycles. The second kappa shape index (κ2) is 5.08. The van der Waals surface area contributed by atoms with Crippen LogP contribution in [0.2, 0.25) is 0 Å². The van der Waals surface area contributed by atoms with Crippen molar-refractivity contribution >= 4 is 11.6 Å². The van der Waals surface area contributed by atoms with E-state index in [9.17, 15) is 0 Å². The molecule has 0 aromatic heterocycles. The van der Waals surface area contributed by atoms with Crippen LogP contribution in [0.25, 0.3) is 0 Å². The first-order valence-electron chi connectivity index (χ1n) is 5.07. The van der Waals surface area contributed by atoms with E-state index in [1.54, 1.807) is 0 Å². The molecular weight excluding hydrogens is 170 g/mol. The van der Waals surface area contributed by atoms with Gasteiger partial charge in [0.05, 0.1) is 0 Å². The van der Waals surface area contributed by atoms with Gasteiger partial charge in [-0.3, -0.25) is 0 Å². The molecule has 72 valence electrons. The fraction of sp³-hybridized carbons (Fsp3) is 1.00. The van der Waals surface area contributed by atoms with Crippen LogP contribution in [0.15, 0.2) is 0 Å². The van der Waals surface area contributed by atoms with E-state index in [0.717, 1.165) is 12.5 Å². The molecule has 2 heteroatoms. The van der Waals surface area contributed by atoms with E-state index in [-0.39, 0.29) is 0 Å². The maximum Gasteiger partial charge on any atom is 0.0489 e. The number of hydrogen-bond acceptors (Lipinski definition) is 1. The van der Waals surface area contributed by atoms with Crippen LogP contribution in [-0.2, 0) is 0 Å². The minimum atomic E-state index is 0.373. The molecule has 1 fully saturated rings. The summed E-state index contributed by atoms with van der Waals surface area (Å²) in [6.07, 6.45) is 5.12. The van der Waals surface area contributed by atoms with Crippen molar-refractivity contribution in [3.63, 3.8) is 0 Å². The molecule has 1 aliphatic rings. The normalized spacial score (nSPS) is 31.0. The first-order chi connectivity index (χ1) is 5.70. The van der Waals surface area contributed by atoms with Crippen LogP contribution in [0.4, 0.5) is 0 Å². The lowest BCUT2D eigenvalue weighted by atomic mass is 9.94. The Morgan fingerprint density at radius 3 is 2.58 bits per heavy atom. The second-order valence-corrected chi connectivity index (χ2v) is 4.77. The van der Waals surface area contributed by atoms with E-state index in [2.05, 4.69) is 19.2 Å². The number of rotatable bonds is 3. The smallest absolute Gasteiger partial charge is 0.0489 e. The molecule has 0 bridgehead atoms. The summed E-state index contributed by atoms with van der Waals surface area (Å²) in [7, 11) is 0. The lowest BCUT2D eigenvalue weighted by Crippen LogP contribution is -2.40. The third kappa shape index (κ3) is 3.32. The van der Waals surface area contributed by atoms with Gasteiger partial charge in [0.2, 0.25) is 0 Å². The van der Waals surface area contributed by atoms with E-state index in [0.29, 0.717) is 11.4 Å².